The number of aliphatic imine (C=N–C) groups is 1. The van der Waals surface area contributed by atoms with Crippen molar-refractivity contribution in [2.75, 3.05) is 0 Å². The third-order valence-electron chi connectivity index (χ3n) is 5.01. The van der Waals surface area contributed by atoms with E-state index in [0.29, 0.717) is 10.6 Å². The number of pyridine rings is 1. The monoisotopic (exact) mass is 456 g/mol. The smallest absolute Gasteiger partial charge is 0.363 e. The van der Waals surface area contributed by atoms with Gasteiger partial charge in [0.1, 0.15) is 5.03 Å². The van der Waals surface area contributed by atoms with Crippen molar-refractivity contribution in [3.05, 3.63) is 106 Å². The van der Waals surface area contributed by atoms with Crippen LogP contribution in [0.3, 0.4) is 0 Å². The minimum Gasteiger partial charge on any atom is -0.402 e. The van der Waals surface area contributed by atoms with E-state index in [1.54, 1.807) is 30.0 Å². The molecule has 0 aliphatic carbocycles. The fraction of sp³-hybridized carbons (Fsp3) is 0.0385. The minimum absolute atomic E-state index is 0.203. The average molecular weight is 457 g/mol. The Morgan fingerprint density at radius 3 is 2.56 bits per heavy atom. The van der Waals surface area contributed by atoms with Crippen LogP contribution in [0.1, 0.15) is 16.7 Å². The molecule has 5 rings (SSSR count). The summed E-state index contributed by atoms with van der Waals surface area (Å²) in [5.74, 6) is -0.311. The number of nitrogens with zero attached hydrogens (tertiary/aromatic N) is 2. The van der Waals surface area contributed by atoms with Crippen molar-refractivity contribution >= 4 is 52.2 Å². The van der Waals surface area contributed by atoms with E-state index in [0.717, 1.165) is 32.0 Å². The minimum atomic E-state index is -0.514. The fourth-order valence-electron chi connectivity index (χ4n) is 3.44. The Bertz CT molecular complexity index is 1410. The zero-order valence-electron chi connectivity index (χ0n) is 17.1. The maximum Gasteiger partial charge on any atom is 0.363 e. The van der Waals surface area contributed by atoms with Crippen molar-refractivity contribution in [3.63, 3.8) is 0 Å². The normalized spacial score (nSPS) is 14.6. The molecule has 0 bridgehead atoms. The van der Waals surface area contributed by atoms with Crippen molar-refractivity contribution in [1.29, 1.82) is 0 Å². The lowest BCUT2D eigenvalue weighted by atomic mass is 10.1. The van der Waals surface area contributed by atoms with E-state index in [1.165, 1.54) is 0 Å². The number of halogens is 1. The molecule has 0 fully saturated rings. The lowest BCUT2D eigenvalue weighted by Crippen LogP contribution is -2.05. The Kier molecular flexibility index (Phi) is 5.52. The first-order valence-corrected chi connectivity index (χ1v) is 11.2. The largest absolute Gasteiger partial charge is 0.402 e. The Balaban J connectivity index is 1.62. The topological polar surface area (TPSA) is 51.5 Å². The molecule has 156 valence electrons. The predicted molar refractivity (Wildman–Crippen MR) is 129 cm³/mol. The van der Waals surface area contributed by atoms with Gasteiger partial charge in [-0.1, -0.05) is 71.9 Å². The molecule has 0 saturated carbocycles. The molecular formula is C26H17ClN2O2S. The standard InChI is InChI=1S/C26H17ClN2O2S/c1-16-8-7-9-17-14-18(25(29-23(16)17)32-19-10-3-2-4-11-19)15-22-26(30)31-24(28-22)20-12-5-6-13-21(20)27/h2-15H,1H3. The van der Waals surface area contributed by atoms with Crippen molar-refractivity contribution in [2.45, 2.75) is 16.8 Å². The summed E-state index contributed by atoms with van der Waals surface area (Å²) in [6.07, 6.45) is 1.73. The van der Waals surface area contributed by atoms with E-state index < -0.39 is 5.97 Å². The summed E-state index contributed by atoms with van der Waals surface area (Å²) in [5, 5.41) is 2.26. The molecule has 1 aliphatic rings. The van der Waals surface area contributed by atoms with E-state index >= 15 is 0 Å². The van der Waals surface area contributed by atoms with Crippen LogP contribution in [0.5, 0.6) is 0 Å². The third-order valence-corrected chi connectivity index (χ3v) is 6.37. The SMILES string of the molecule is Cc1cccc2cc(C=C3N=C(c4ccccc4Cl)OC3=O)c(Sc3ccccc3)nc12. The number of aromatic nitrogens is 1. The molecule has 32 heavy (non-hydrogen) atoms. The summed E-state index contributed by atoms with van der Waals surface area (Å²) in [7, 11) is 0. The molecule has 0 unspecified atom stereocenters. The van der Waals surface area contributed by atoms with Crippen molar-refractivity contribution in [3.8, 4) is 0 Å². The fourth-order valence-corrected chi connectivity index (χ4v) is 4.54. The average Bonchev–Trinajstić information content (AvgIpc) is 3.15. The van der Waals surface area contributed by atoms with Crippen LogP contribution in [0.2, 0.25) is 5.02 Å². The third kappa shape index (κ3) is 4.05. The number of cyclic esters (lactones) is 1. The first-order valence-electron chi connectivity index (χ1n) is 9.99. The van der Waals surface area contributed by atoms with Crippen LogP contribution in [0.4, 0.5) is 0 Å². The highest BCUT2D eigenvalue weighted by atomic mass is 35.5. The number of esters is 1. The van der Waals surface area contributed by atoms with Crippen LogP contribution < -0.4 is 0 Å². The van der Waals surface area contributed by atoms with Gasteiger partial charge in [-0.3, -0.25) is 0 Å². The number of hydrogen-bond acceptors (Lipinski definition) is 5. The van der Waals surface area contributed by atoms with E-state index in [9.17, 15) is 4.79 Å². The zero-order valence-corrected chi connectivity index (χ0v) is 18.7. The summed E-state index contributed by atoms with van der Waals surface area (Å²) in [6.45, 7) is 2.04. The van der Waals surface area contributed by atoms with E-state index in [4.69, 9.17) is 21.3 Å². The van der Waals surface area contributed by atoms with Crippen LogP contribution in [0.25, 0.3) is 17.0 Å². The first kappa shape index (κ1) is 20.5. The molecule has 0 spiro atoms. The molecule has 0 radical (unpaired) electrons. The van der Waals surface area contributed by atoms with E-state index in [1.807, 2.05) is 73.7 Å². The summed E-state index contributed by atoms with van der Waals surface area (Å²) in [6, 6.07) is 25.2. The number of aryl methyl sites for hydroxylation is 1. The molecule has 2 heterocycles. The number of ether oxygens (including phenoxy) is 1. The Labute approximate surface area is 194 Å². The van der Waals surface area contributed by atoms with Gasteiger partial charge in [-0.05, 0) is 48.9 Å². The molecule has 1 aromatic heterocycles. The molecule has 0 N–H and O–H groups in total. The van der Waals surface area contributed by atoms with Crippen LogP contribution in [0.15, 0.2) is 99.5 Å². The van der Waals surface area contributed by atoms with Gasteiger partial charge < -0.3 is 4.74 Å². The number of hydrogen-bond donors (Lipinski definition) is 0. The number of carbonyl (C=O) groups excluding carboxylic acids is 1. The van der Waals surface area contributed by atoms with Crippen molar-refractivity contribution < 1.29 is 9.53 Å². The van der Waals surface area contributed by atoms with Gasteiger partial charge in [0.2, 0.25) is 5.90 Å². The van der Waals surface area contributed by atoms with E-state index in [-0.39, 0.29) is 11.6 Å². The molecule has 1 aliphatic heterocycles. The molecule has 3 aromatic carbocycles. The first-order chi connectivity index (χ1) is 15.6. The van der Waals surface area contributed by atoms with Gasteiger partial charge in [0.05, 0.1) is 16.1 Å². The quantitative estimate of drug-likeness (QED) is 0.253. The number of rotatable bonds is 4. The molecule has 4 aromatic rings. The van der Waals surface area contributed by atoms with Gasteiger partial charge in [0.15, 0.2) is 5.70 Å². The maximum absolute atomic E-state index is 12.6. The van der Waals surface area contributed by atoms with Gasteiger partial charge in [-0.15, -0.1) is 0 Å². The van der Waals surface area contributed by atoms with Gasteiger partial charge in [0.25, 0.3) is 0 Å². The Morgan fingerprint density at radius 1 is 0.969 bits per heavy atom. The van der Waals surface area contributed by atoms with Crippen LogP contribution in [-0.4, -0.2) is 16.9 Å². The lowest BCUT2D eigenvalue weighted by Gasteiger charge is -2.09. The van der Waals surface area contributed by atoms with Gasteiger partial charge in [-0.2, -0.15) is 0 Å². The summed E-state index contributed by atoms with van der Waals surface area (Å²) < 4.78 is 5.41. The number of fused-ring (bicyclic) bond motifs is 1. The highest BCUT2D eigenvalue weighted by Gasteiger charge is 2.26. The second kappa shape index (κ2) is 8.61. The molecule has 0 amide bonds. The molecule has 0 saturated heterocycles. The number of carbonyl (C=O) groups is 1. The maximum atomic E-state index is 12.6. The molecule has 4 nitrogen and oxygen atoms in total. The van der Waals surface area contributed by atoms with Gasteiger partial charge in [-0.25, -0.2) is 14.8 Å². The van der Waals surface area contributed by atoms with Gasteiger partial charge in [0, 0.05) is 15.8 Å². The summed E-state index contributed by atoms with van der Waals surface area (Å²) >= 11 is 7.80. The molecule has 0 atom stereocenters. The van der Waals surface area contributed by atoms with Crippen molar-refractivity contribution in [2.24, 2.45) is 4.99 Å². The second-order valence-electron chi connectivity index (χ2n) is 7.26. The van der Waals surface area contributed by atoms with Crippen LogP contribution >= 0.6 is 23.4 Å². The summed E-state index contributed by atoms with van der Waals surface area (Å²) in [4.78, 5) is 23.0. The lowest BCUT2D eigenvalue weighted by molar-refractivity contribution is -0.129. The number of para-hydroxylation sites is 1. The van der Waals surface area contributed by atoms with Crippen molar-refractivity contribution in [1.82, 2.24) is 4.98 Å². The van der Waals surface area contributed by atoms with E-state index in [2.05, 4.69) is 4.99 Å². The summed E-state index contributed by atoms with van der Waals surface area (Å²) in [5.41, 5.74) is 3.62. The predicted octanol–water partition coefficient (Wildman–Crippen LogP) is 6.69. The number of benzene rings is 3. The van der Waals surface area contributed by atoms with Gasteiger partial charge >= 0.3 is 5.97 Å². The highest BCUT2D eigenvalue weighted by molar-refractivity contribution is 7.99. The Hall–Kier alpha value is -3.41. The highest BCUT2D eigenvalue weighted by Crippen LogP contribution is 2.34. The molecule has 6 heteroatoms. The van der Waals surface area contributed by atoms with Crippen LogP contribution in [0, 0.1) is 6.92 Å². The Morgan fingerprint density at radius 2 is 1.75 bits per heavy atom. The zero-order chi connectivity index (χ0) is 22.1. The second-order valence-corrected chi connectivity index (χ2v) is 8.73. The molecular weight excluding hydrogens is 440 g/mol. The van der Waals surface area contributed by atoms with Crippen LogP contribution in [-0.2, 0) is 9.53 Å².